The van der Waals surface area contributed by atoms with Crippen molar-refractivity contribution in [2.45, 2.75) is 39.2 Å². The summed E-state index contributed by atoms with van der Waals surface area (Å²) in [5.41, 5.74) is 1.39. The standard InChI is InChI=1S/C16H20N4O4/c1-8-11(10(3)21)9(2)17-12(8)13(22)20-6-4-16(5-7-20)14(23)18-15(24)19-16/h17H,4-7H2,1-3H3,(H2,18,19,23,24). The predicted molar refractivity (Wildman–Crippen MR) is 84.8 cm³/mol. The number of carbonyl (C=O) groups is 4. The van der Waals surface area contributed by atoms with Gasteiger partial charge in [0.2, 0.25) is 0 Å². The van der Waals surface area contributed by atoms with E-state index in [1.807, 2.05) is 0 Å². The van der Waals surface area contributed by atoms with Gasteiger partial charge in [0.15, 0.2) is 5.78 Å². The normalized spacial score (nSPS) is 19.4. The summed E-state index contributed by atoms with van der Waals surface area (Å²) in [7, 11) is 0. The lowest BCUT2D eigenvalue weighted by molar-refractivity contribution is -0.125. The van der Waals surface area contributed by atoms with E-state index in [0.29, 0.717) is 48.4 Å². The molecule has 0 atom stereocenters. The van der Waals surface area contributed by atoms with Crippen LogP contribution in [-0.4, -0.2) is 52.1 Å². The van der Waals surface area contributed by atoms with Crippen molar-refractivity contribution in [1.82, 2.24) is 20.5 Å². The Balaban J connectivity index is 1.77. The van der Waals surface area contributed by atoms with E-state index >= 15 is 0 Å². The zero-order chi connectivity index (χ0) is 17.6. The number of H-pyrrole nitrogens is 1. The summed E-state index contributed by atoms with van der Waals surface area (Å²) in [5.74, 6) is -0.601. The lowest BCUT2D eigenvalue weighted by Gasteiger charge is -2.36. The number of amides is 4. The number of aromatic nitrogens is 1. The van der Waals surface area contributed by atoms with Crippen molar-refractivity contribution >= 4 is 23.6 Å². The number of hydrogen-bond donors (Lipinski definition) is 3. The first-order valence-electron chi connectivity index (χ1n) is 7.88. The average Bonchev–Trinajstić information content (AvgIpc) is 2.95. The summed E-state index contributed by atoms with van der Waals surface area (Å²) in [6.45, 7) is 5.72. The summed E-state index contributed by atoms with van der Waals surface area (Å²) in [6.07, 6.45) is 0.739. The van der Waals surface area contributed by atoms with Crippen molar-refractivity contribution in [2.24, 2.45) is 0 Å². The Labute approximate surface area is 139 Å². The highest BCUT2D eigenvalue weighted by Crippen LogP contribution is 2.27. The molecule has 4 amide bonds. The lowest BCUT2D eigenvalue weighted by atomic mass is 9.87. The summed E-state index contributed by atoms with van der Waals surface area (Å²) in [6, 6.07) is -0.485. The largest absolute Gasteiger partial charge is 0.354 e. The van der Waals surface area contributed by atoms with E-state index in [-0.39, 0.29) is 17.6 Å². The Morgan fingerprint density at radius 2 is 1.75 bits per heavy atom. The molecule has 3 N–H and O–H groups in total. The highest BCUT2D eigenvalue weighted by molar-refractivity contribution is 6.07. The third-order valence-corrected chi connectivity index (χ3v) is 4.92. The van der Waals surface area contributed by atoms with Gasteiger partial charge in [0.25, 0.3) is 11.8 Å². The van der Waals surface area contributed by atoms with Gasteiger partial charge in [-0.2, -0.15) is 0 Å². The molecule has 1 aromatic heterocycles. The fourth-order valence-electron chi connectivity index (χ4n) is 3.62. The Morgan fingerprint density at radius 3 is 2.21 bits per heavy atom. The first-order chi connectivity index (χ1) is 11.2. The fourth-order valence-corrected chi connectivity index (χ4v) is 3.62. The molecule has 3 heterocycles. The van der Waals surface area contributed by atoms with Crippen LogP contribution in [-0.2, 0) is 4.79 Å². The van der Waals surface area contributed by atoms with Crippen LogP contribution in [0.4, 0.5) is 4.79 Å². The molecule has 0 aliphatic carbocycles. The van der Waals surface area contributed by atoms with Crippen LogP contribution >= 0.6 is 0 Å². The fraction of sp³-hybridized carbons (Fsp3) is 0.500. The van der Waals surface area contributed by atoms with Crippen LogP contribution in [0.5, 0.6) is 0 Å². The monoisotopic (exact) mass is 332 g/mol. The number of aromatic amines is 1. The maximum atomic E-state index is 12.8. The molecule has 0 bridgehead atoms. The highest BCUT2D eigenvalue weighted by atomic mass is 16.2. The van der Waals surface area contributed by atoms with E-state index in [0.717, 1.165) is 0 Å². The molecule has 1 aromatic rings. The molecule has 2 saturated heterocycles. The molecule has 2 aliphatic rings. The number of hydrogen-bond acceptors (Lipinski definition) is 4. The molecule has 0 aromatic carbocycles. The maximum Gasteiger partial charge on any atom is 0.322 e. The SMILES string of the molecule is CC(=O)c1c(C)[nH]c(C(=O)N2CCC3(CC2)NC(=O)NC3=O)c1C. The minimum Gasteiger partial charge on any atom is -0.354 e. The van der Waals surface area contributed by atoms with Crippen LogP contribution in [0.2, 0.25) is 0 Å². The number of nitrogens with one attached hydrogen (secondary N) is 3. The van der Waals surface area contributed by atoms with Crippen molar-refractivity contribution in [3.8, 4) is 0 Å². The van der Waals surface area contributed by atoms with E-state index < -0.39 is 11.6 Å². The van der Waals surface area contributed by atoms with Gasteiger partial charge >= 0.3 is 6.03 Å². The number of carbonyl (C=O) groups excluding carboxylic acids is 4. The minimum atomic E-state index is -0.904. The predicted octanol–water partition coefficient (Wildman–Crippen LogP) is 0.648. The molecule has 3 rings (SSSR count). The molecule has 128 valence electrons. The van der Waals surface area contributed by atoms with E-state index in [1.165, 1.54) is 6.92 Å². The van der Waals surface area contributed by atoms with Gasteiger partial charge in [-0.15, -0.1) is 0 Å². The second-order valence-electron chi connectivity index (χ2n) is 6.46. The topological polar surface area (TPSA) is 111 Å². The van der Waals surface area contributed by atoms with Gasteiger partial charge in [0, 0.05) is 24.3 Å². The molecule has 0 radical (unpaired) electrons. The van der Waals surface area contributed by atoms with Gasteiger partial charge in [-0.3, -0.25) is 19.7 Å². The Kier molecular flexibility index (Phi) is 3.70. The van der Waals surface area contributed by atoms with Gasteiger partial charge in [-0.05, 0) is 39.2 Å². The average molecular weight is 332 g/mol. The number of rotatable bonds is 2. The lowest BCUT2D eigenvalue weighted by Crippen LogP contribution is -2.55. The summed E-state index contributed by atoms with van der Waals surface area (Å²) in [4.78, 5) is 52.4. The van der Waals surface area contributed by atoms with Crippen LogP contribution in [0.1, 0.15) is 51.9 Å². The summed E-state index contributed by atoms with van der Waals surface area (Å²) < 4.78 is 0. The second-order valence-corrected chi connectivity index (χ2v) is 6.46. The molecular weight excluding hydrogens is 312 g/mol. The number of Topliss-reactive ketones (excluding diaryl/α,β-unsaturated/α-hetero) is 1. The molecule has 2 fully saturated rings. The highest BCUT2D eigenvalue weighted by Gasteiger charge is 2.48. The van der Waals surface area contributed by atoms with E-state index in [2.05, 4.69) is 15.6 Å². The van der Waals surface area contributed by atoms with Gasteiger partial charge in [0.05, 0.1) is 0 Å². The first-order valence-corrected chi connectivity index (χ1v) is 7.88. The Hall–Kier alpha value is -2.64. The number of ketones is 1. The van der Waals surface area contributed by atoms with Gasteiger partial charge in [0.1, 0.15) is 11.2 Å². The zero-order valence-electron chi connectivity index (χ0n) is 13.9. The zero-order valence-corrected chi connectivity index (χ0v) is 13.9. The van der Waals surface area contributed by atoms with Crippen molar-refractivity contribution in [2.75, 3.05) is 13.1 Å². The van der Waals surface area contributed by atoms with Crippen LogP contribution in [0, 0.1) is 13.8 Å². The Bertz CT molecular complexity index is 756. The van der Waals surface area contributed by atoms with E-state index in [1.54, 1.807) is 18.7 Å². The summed E-state index contributed by atoms with van der Waals surface area (Å²) in [5, 5.41) is 4.92. The number of likely N-dealkylation sites (tertiary alicyclic amines) is 1. The molecule has 0 unspecified atom stereocenters. The quantitative estimate of drug-likeness (QED) is 0.545. The molecule has 8 nitrogen and oxygen atoms in total. The van der Waals surface area contributed by atoms with Crippen molar-refractivity contribution in [1.29, 1.82) is 0 Å². The van der Waals surface area contributed by atoms with E-state index in [9.17, 15) is 19.2 Å². The van der Waals surface area contributed by atoms with Crippen molar-refractivity contribution < 1.29 is 19.2 Å². The third-order valence-electron chi connectivity index (χ3n) is 4.92. The molecule has 8 heteroatoms. The van der Waals surface area contributed by atoms with Crippen molar-refractivity contribution in [3.63, 3.8) is 0 Å². The van der Waals surface area contributed by atoms with Crippen molar-refractivity contribution in [3.05, 3.63) is 22.5 Å². The second kappa shape index (κ2) is 5.47. The minimum absolute atomic E-state index is 0.0803. The smallest absolute Gasteiger partial charge is 0.322 e. The number of aryl methyl sites for hydroxylation is 1. The molecule has 2 aliphatic heterocycles. The number of nitrogens with zero attached hydrogens (tertiary/aromatic N) is 1. The van der Waals surface area contributed by atoms with E-state index in [4.69, 9.17) is 0 Å². The number of piperidine rings is 1. The summed E-state index contributed by atoms with van der Waals surface area (Å²) >= 11 is 0. The molecule has 0 saturated carbocycles. The molecule has 1 spiro atoms. The van der Waals surface area contributed by atoms with Crippen LogP contribution < -0.4 is 10.6 Å². The third kappa shape index (κ3) is 2.38. The van der Waals surface area contributed by atoms with Crippen LogP contribution in [0.3, 0.4) is 0 Å². The molecule has 24 heavy (non-hydrogen) atoms. The number of imide groups is 1. The number of urea groups is 1. The molecular formula is C16H20N4O4. The van der Waals surface area contributed by atoms with Crippen LogP contribution in [0.25, 0.3) is 0 Å². The maximum absolute atomic E-state index is 12.8. The first kappa shape index (κ1) is 16.2. The van der Waals surface area contributed by atoms with Gasteiger partial charge in [-0.1, -0.05) is 0 Å². The van der Waals surface area contributed by atoms with Gasteiger partial charge < -0.3 is 15.2 Å². The Morgan fingerprint density at radius 1 is 1.12 bits per heavy atom. The van der Waals surface area contributed by atoms with Crippen LogP contribution in [0.15, 0.2) is 0 Å². The van der Waals surface area contributed by atoms with Gasteiger partial charge in [-0.25, -0.2) is 4.79 Å².